The first-order valence-electron chi connectivity index (χ1n) is 2.77. The second-order valence-corrected chi connectivity index (χ2v) is 2.75. The molecule has 1 fully saturated rings. The van der Waals surface area contributed by atoms with E-state index in [-0.39, 0.29) is 0 Å². The summed E-state index contributed by atoms with van der Waals surface area (Å²) in [5.41, 5.74) is 0. The van der Waals surface area contributed by atoms with Crippen LogP contribution in [0.4, 0.5) is 0 Å². The van der Waals surface area contributed by atoms with Crippen LogP contribution in [0.2, 0.25) is 0 Å². The molecule has 0 saturated carbocycles. The van der Waals surface area contributed by atoms with Gasteiger partial charge in [0.05, 0.1) is 0 Å². The fraction of sp³-hybridized carbons (Fsp3) is 0.667. The van der Waals surface area contributed by atoms with Crippen molar-refractivity contribution in [1.29, 1.82) is 0 Å². The molecule has 1 aliphatic heterocycles. The second kappa shape index (κ2) is 3.36. The summed E-state index contributed by atoms with van der Waals surface area (Å²) < 4.78 is 0. The fourth-order valence-electron chi connectivity index (χ4n) is 0.652. The number of thioether (sulfide) groups is 1. The molecular formula is C6H10S. The lowest BCUT2D eigenvalue weighted by Crippen LogP contribution is -1.71. The smallest absolute Gasteiger partial charge is 0.0200 e. The second-order valence-electron chi connectivity index (χ2n) is 1.74. The third kappa shape index (κ3) is 2.22. The van der Waals surface area contributed by atoms with Crippen LogP contribution in [0.25, 0.3) is 0 Å². The molecule has 2 radical (unpaired) electrons. The minimum absolute atomic E-state index is 1.30. The summed E-state index contributed by atoms with van der Waals surface area (Å²) in [6.07, 6.45) is 6.35. The van der Waals surface area contributed by atoms with Gasteiger partial charge in [0.15, 0.2) is 0 Å². The zero-order valence-corrected chi connectivity index (χ0v) is 5.21. The van der Waals surface area contributed by atoms with Crippen LogP contribution in [0.1, 0.15) is 19.3 Å². The van der Waals surface area contributed by atoms with Crippen LogP contribution in [0.3, 0.4) is 0 Å². The quantitative estimate of drug-likeness (QED) is 0.465. The Hall–Kier alpha value is 0.350. The van der Waals surface area contributed by atoms with Gasteiger partial charge in [-0.2, -0.15) is 11.8 Å². The molecule has 0 bridgehead atoms. The topological polar surface area (TPSA) is 0 Å². The van der Waals surface area contributed by atoms with Crippen LogP contribution < -0.4 is 0 Å². The van der Waals surface area contributed by atoms with E-state index in [4.69, 9.17) is 0 Å². The molecule has 0 spiro atoms. The first-order chi connectivity index (χ1) is 3.50. The molecule has 0 aromatic heterocycles. The molecule has 0 amide bonds. The Kier molecular flexibility index (Phi) is 2.64. The SMILES string of the molecule is [CH]1[CH]SCCCC1. The van der Waals surface area contributed by atoms with Crippen molar-refractivity contribution in [3.8, 4) is 0 Å². The van der Waals surface area contributed by atoms with Gasteiger partial charge in [0.2, 0.25) is 0 Å². The third-order valence-electron chi connectivity index (χ3n) is 1.08. The molecule has 40 valence electrons. The normalized spacial score (nSPS) is 24.0. The van der Waals surface area contributed by atoms with Crippen molar-refractivity contribution in [2.75, 3.05) is 5.75 Å². The van der Waals surface area contributed by atoms with Crippen LogP contribution in [-0.2, 0) is 0 Å². The van der Waals surface area contributed by atoms with E-state index in [1.165, 1.54) is 25.0 Å². The standard InChI is InChI=1S/C6H10S/c1-2-4-6-7-5-3-1/h3,5H,1-2,4,6H2. The Balaban J connectivity index is 2.04. The predicted molar refractivity (Wildman–Crippen MR) is 34.9 cm³/mol. The third-order valence-corrected chi connectivity index (χ3v) is 1.98. The molecule has 0 N–H and O–H groups in total. The van der Waals surface area contributed by atoms with Crippen LogP contribution >= 0.6 is 11.8 Å². The minimum Gasteiger partial charge on any atom is -0.157 e. The highest BCUT2D eigenvalue weighted by Crippen LogP contribution is 2.18. The Morgan fingerprint density at radius 1 is 1.29 bits per heavy atom. The van der Waals surface area contributed by atoms with Gasteiger partial charge in [0.1, 0.15) is 0 Å². The van der Waals surface area contributed by atoms with Crippen molar-refractivity contribution in [3.05, 3.63) is 12.2 Å². The summed E-state index contributed by atoms with van der Waals surface area (Å²) in [5, 5.41) is 0. The van der Waals surface area contributed by atoms with Gasteiger partial charge in [-0.3, -0.25) is 0 Å². The first-order valence-corrected chi connectivity index (χ1v) is 3.81. The van der Waals surface area contributed by atoms with Crippen LogP contribution in [0, 0.1) is 12.2 Å². The summed E-state index contributed by atoms with van der Waals surface area (Å²) in [4.78, 5) is 0. The van der Waals surface area contributed by atoms with Crippen LogP contribution in [-0.4, -0.2) is 5.75 Å². The van der Waals surface area contributed by atoms with Crippen LogP contribution in [0.5, 0.6) is 0 Å². The molecule has 1 saturated heterocycles. The van der Waals surface area contributed by atoms with E-state index in [9.17, 15) is 0 Å². The minimum atomic E-state index is 1.30. The van der Waals surface area contributed by atoms with Crippen molar-refractivity contribution < 1.29 is 0 Å². The maximum Gasteiger partial charge on any atom is 0.0200 e. The zero-order valence-electron chi connectivity index (χ0n) is 4.39. The maximum absolute atomic E-state index is 2.26. The van der Waals surface area contributed by atoms with Gasteiger partial charge in [-0.1, -0.05) is 6.42 Å². The Bertz CT molecular complexity index is 23.8. The summed E-state index contributed by atoms with van der Waals surface area (Å²) >= 11 is 1.94. The lowest BCUT2D eigenvalue weighted by atomic mass is 10.2. The monoisotopic (exact) mass is 114 g/mol. The molecule has 0 aromatic carbocycles. The summed E-state index contributed by atoms with van der Waals surface area (Å²) in [7, 11) is 0. The maximum atomic E-state index is 2.26. The fourth-order valence-corrected chi connectivity index (χ4v) is 1.43. The highest BCUT2D eigenvalue weighted by molar-refractivity contribution is 8.01. The zero-order chi connectivity index (χ0) is 4.95. The molecule has 7 heavy (non-hydrogen) atoms. The van der Waals surface area contributed by atoms with Crippen molar-refractivity contribution in [2.24, 2.45) is 0 Å². The largest absolute Gasteiger partial charge is 0.157 e. The van der Waals surface area contributed by atoms with Gasteiger partial charge in [0, 0.05) is 5.75 Å². The van der Waals surface area contributed by atoms with Gasteiger partial charge in [-0.15, -0.1) is 0 Å². The number of hydrogen-bond acceptors (Lipinski definition) is 1. The number of rotatable bonds is 0. The van der Waals surface area contributed by atoms with Gasteiger partial charge < -0.3 is 0 Å². The molecular weight excluding hydrogens is 104 g/mol. The summed E-state index contributed by atoms with van der Waals surface area (Å²) in [6, 6.07) is 0. The first kappa shape index (κ1) is 5.49. The van der Waals surface area contributed by atoms with E-state index in [0.29, 0.717) is 0 Å². The predicted octanol–water partition coefficient (Wildman–Crippen LogP) is 2.27. The van der Waals surface area contributed by atoms with Crippen molar-refractivity contribution >= 4 is 11.8 Å². The van der Waals surface area contributed by atoms with Crippen molar-refractivity contribution in [2.45, 2.75) is 19.3 Å². The molecule has 1 rings (SSSR count). The molecule has 0 unspecified atom stereocenters. The van der Waals surface area contributed by atoms with E-state index in [2.05, 4.69) is 12.2 Å². The highest BCUT2D eigenvalue weighted by Gasteiger charge is 1.96. The Morgan fingerprint density at radius 2 is 2.29 bits per heavy atom. The highest BCUT2D eigenvalue weighted by atomic mass is 32.2. The van der Waals surface area contributed by atoms with Gasteiger partial charge in [-0.25, -0.2) is 0 Å². The number of hydrogen-bond donors (Lipinski definition) is 0. The van der Waals surface area contributed by atoms with E-state index >= 15 is 0 Å². The summed E-state index contributed by atoms with van der Waals surface area (Å²) in [5.74, 6) is 3.55. The van der Waals surface area contributed by atoms with Crippen LogP contribution in [0.15, 0.2) is 0 Å². The Morgan fingerprint density at radius 3 is 3.29 bits per heavy atom. The lowest BCUT2D eigenvalue weighted by Gasteiger charge is -1.86. The van der Waals surface area contributed by atoms with Gasteiger partial charge in [0.25, 0.3) is 0 Å². The average Bonchev–Trinajstić information content (AvgIpc) is 1.90. The molecule has 1 heteroatoms. The van der Waals surface area contributed by atoms with Crippen molar-refractivity contribution in [1.82, 2.24) is 0 Å². The Labute approximate surface area is 49.7 Å². The molecule has 0 nitrogen and oxygen atoms in total. The van der Waals surface area contributed by atoms with Gasteiger partial charge in [-0.05, 0) is 25.0 Å². The molecule has 0 aliphatic carbocycles. The van der Waals surface area contributed by atoms with E-state index in [1.54, 1.807) is 0 Å². The van der Waals surface area contributed by atoms with E-state index in [0.717, 1.165) is 0 Å². The van der Waals surface area contributed by atoms with Crippen molar-refractivity contribution in [3.63, 3.8) is 0 Å². The molecule has 0 atom stereocenters. The lowest BCUT2D eigenvalue weighted by molar-refractivity contribution is 0.810. The van der Waals surface area contributed by atoms with Gasteiger partial charge >= 0.3 is 0 Å². The van der Waals surface area contributed by atoms with E-state index in [1.807, 2.05) is 11.8 Å². The molecule has 1 heterocycles. The summed E-state index contributed by atoms with van der Waals surface area (Å²) in [6.45, 7) is 0. The van der Waals surface area contributed by atoms with E-state index < -0.39 is 0 Å². The molecule has 0 aromatic rings. The molecule has 1 aliphatic rings. The average molecular weight is 114 g/mol.